The van der Waals surface area contributed by atoms with Crippen molar-refractivity contribution in [1.29, 1.82) is 0 Å². The van der Waals surface area contributed by atoms with E-state index in [1.807, 2.05) is 0 Å². The van der Waals surface area contributed by atoms with E-state index < -0.39 is 26.0 Å². The summed E-state index contributed by atoms with van der Waals surface area (Å²) in [5.74, 6) is -3.21. The van der Waals surface area contributed by atoms with Crippen LogP contribution in [0.15, 0.2) is 0 Å². The van der Waals surface area contributed by atoms with Gasteiger partial charge in [0.25, 0.3) is 0 Å². The SMILES string of the molecule is C[Si](C)(C)OCCOCCOCCOCCOCCOCCOC(=O)CCC(=O)C(=O)O. The molecule has 0 fully saturated rings. The number of hydrogen-bond donors (Lipinski definition) is 1. The van der Waals surface area contributed by atoms with Gasteiger partial charge in [-0.15, -0.1) is 0 Å². The summed E-state index contributed by atoms with van der Waals surface area (Å²) in [4.78, 5) is 32.5. The van der Waals surface area contributed by atoms with Crippen molar-refractivity contribution in [3.63, 3.8) is 0 Å². The maximum absolute atomic E-state index is 11.3. The number of ketones is 1. The summed E-state index contributed by atoms with van der Waals surface area (Å²) in [7, 11) is -1.46. The molecule has 0 aliphatic carbocycles. The maximum atomic E-state index is 11.3. The van der Waals surface area contributed by atoms with Gasteiger partial charge in [0.15, 0.2) is 8.32 Å². The minimum absolute atomic E-state index is 0.0283. The van der Waals surface area contributed by atoms with Gasteiger partial charge in [-0.1, -0.05) is 0 Å². The van der Waals surface area contributed by atoms with Crippen molar-refractivity contribution < 1.29 is 52.3 Å². The second-order valence-corrected chi connectivity index (χ2v) is 12.0. The van der Waals surface area contributed by atoms with Crippen molar-refractivity contribution in [2.75, 3.05) is 79.3 Å². The first-order valence-corrected chi connectivity index (χ1v) is 14.1. The lowest BCUT2D eigenvalue weighted by molar-refractivity contribution is -0.151. The normalized spacial score (nSPS) is 11.5. The predicted molar refractivity (Wildman–Crippen MR) is 116 cm³/mol. The predicted octanol–water partition coefficient (Wildman–Crippen LogP) is 0.898. The minimum atomic E-state index is -1.56. The van der Waals surface area contributed by atoms with Crippen LogP contribution in [-0.4, -0.2) is 110 Å². The average Bonchev–Trinajstić information content (AvgIpc) is 2.72. The van der Waals surface area contributed by atoms with Crippen LogP contribution in [0.25, 0.3) is 0 Å². The topological polar surface area (TPSA) is 136 Å². The zero-order chi connectivity index (χ0) is 24.1. The van der Waals surface area contributed by atoms with Crippen LogP contribution >= 0.6 is 0 Å². The quantitative estimate of drug-likeness (QED) is 0.0962. The molecule has 0 atom stereocenters. The molecule has 0 aliphatic rings. The van der Waals surface area contributed by atoms with Gasteiger partial charge in [-0.2, -0.15) is 0 Å². The fraction of sp³-hybridized carbons (Fsp3) is 0.850. The smallest absolute Gasteiger partial charge is 0.372 e. The first kappa shape index (κ1) is 30.6. The monoisotopic (exact) mass is 482 g/mol. The standard InChI is InChI=1S/C20H38O11Si/c1-32(2,3)31-17-15-29-13-11-27-9-7-25-6-8-26-10-12-28-14-16-30-19(22)5-4-18(21)20(23)24/h4-17H2,1-3H3,(H,23,24). The molecule has 11 nitrogen and oxygen atoms in total. The summed E-state index contributed by atoms with van der Waals surface area (Å²) in [6.07, 6.45) is -0.637. The van der Waals surface area contributed by atoms with Gasteiger partial charge in [-0.05, 0) is 19.6 Å². The third-order valence-corrected chi connectivity index (χ3v) is 4.61. The molecule has 0 unspecified atom stereocenters. The van der Waals surface area contributed by atoms with E-state index in [0.29, 0.717) is 66.1 Å². The Bertz CT molecular complexity index is 508. The Morgan fingerprint density at radius 1 is 0.594 bits per heavy atom. The van der Waals surface area contributed by atoms with Gasteiger partial charge in [-0.25, -0.2) is 4.79 Å². The van der Waals surface area contributed by atoms with Gasteiger partial charge < -0.3 is 38.0 Å². The van der Waals surface area contributed by atoms with Crippen molar-refractivity contribution >= 4 is 26.0 Å². The molecule has 0 heterocycles. The molecule has 0 radical (unpaired) electrons. The van der Waals surface area contributed by atoms with Gasteiger partial charge in [0.05, 0.1) is 79.1 Å². The highest BCUT2D eigenvalue weighted by atomic mass is 28.4. The largest absolute Gasteiger partial charge is 0.476 e. The van der Waals surface area contributed by atoms with Crippen LogP contribution in [0.5, 0.6) is 0 Å². The van der Waals surface area contributed by atoms with E-state index in [1.54, 1.807) is 0 Å². The summed E-state index contributed by atoms with van der Waals surface area (Å²) in [6.45, 7) is 11.4. The molecule has 0 aromatic rings. The second kappa shape index (κ2) is 20.2. The van der Waals surface area contributed by atoms with Crippen molar-refractivity contribution in [1.82, 2.24) is 0 Å². The zero-order valence-corrected chi connectivity index (χ0v) is 20.4. The van der Waals surface area contributed by atoms with Gasteiger partial charge in [0.2, 0.25) is 5.78 Å². The van der Waals surface area contributed by atoms with Gasteiger partial charge >= 0.3 is 11.9 Å². The van der Waals surface area contributed by atoms with Gasteiger partial charge in [-0.3, -0.25) is 9.59 Å². The lowest BCUT2D eigenvalue weighted by Crippen LogP contribution is -2.27. The Kier molecular flexibility index (Phi) is 19.3. The number of carboxylic acids is 1. The number of carbonyl (C=O) groups excluding carboxylic acids is 2. The number of carboxylic acid groups (broad SMARTS) is 1. The Balaban J connectivity index is 3.20. The molecule has 0 spiro atoms. The van der Waals surface area contributed by atoms with E-state index in [0.717, 1.165) is 0 Å². The summed E-state index contributed by atoms with van der Waals surface area (Å²) >= 11 is 0. The number of rotatable bonds is 23. The Morgan fingerprint density at radius 2 is 0.969 bits per heavy atom. The van der Waals surface area contributed by atoms with Crippen molar-refractivity contribution in [3.8, 4) is 0 Å². The van der Waals surface area contributed by atoms with E-state index in [-0.39, 0.29) is 26.1 Å². The lowest BCUT2D eigenvalue weighted by atomic mass is 10.2. The summed E-state index contributed by atoms with van der Waals surface area (Å²) < 4.78 is 37.2. The van der Waals surface area contributed by atoms with Crippen LogP contribution in [0.2, 0.25) is 19.6 Å². The summed E-state index contributed by atoms with van der Waals surface area (Å²) in [6, 6.07) is 0. The van der Waals surface area contributed by atoms with Crippen molar-refractivity contribution in [3.05, 3.63) is 0 Å². The van der Waals surface area contributed by atoms with Crippen LogP contribution in [0, 0.1) is 0 Å². The van der Waals surface area contributed by atoms with Gasteiger partial charge in [0.1, 0.15) is 6.61 Å². The number of ether oxygens (including phenoxy) is 6. The molecule has 0 saturated carbocycles. The zero-order valence-electron chi connectivity index (χ0n) is 19.4. The van der Waals surface area contributed by atoms with Crippen molar-refractivity contribution in [2.24, 2.45) is 0 Å². The third-order valence-electron chi connectivity index (χ3n) is 3.54. The van der Waals surface area contributed by atoms with Crippen LogP contribution in [-0.2, 0) is 47.2 Å². The Labute approximate surface area is 190 Å². The van der Waals surface area contributed by atoms with E-state index in [2.05, 4.69) is 19.6 Å². The fourth-order valence-corrected chi connectivity index (χ4v) is 2.69. The van der Waals surface area contributed by atoms with Crippen LogP contribution < -0.4 is 0 Å². The molecule has 12 heteroatoms. The highest BCUT2D eigenvalue weighted by Crippen LogP contribution is 2.01. The number of hydrogen-bond acceptors (Lipinski definition) is 10. The third kappa shape index (κ3) is 23.3. The highest BCUT2D eigenvalue weighted by molar-refractivity contribution is 6.69. The molecule has 0 bridgehead atoms. The summed E-state index contributed by atoms with van der Waals surface area (Å²) in [5.41, 5.74) is 0. The van der Waals surface area contributed by atoms with Crippen LogP contribution in [0.4, 0.5) is 0 Å². The molecule has 0 rings (SSSR count). The molecule has 0 aliphatic heterocycles. The molecule has 32 heavy (non-hydrogen) atoms. The Morgan fingerprint density at radius 3 is 1.34 bits per heavy atom. The van der Waals surface area contributed by atoms with Crippen LogP contribution in [0.3, 0.4) is 0 Å². The number of Topliss-reactive ketones (excluding diaryl/α,β-unsaturated/α-hetero) is 1. The fourth-order valence-electron chi connectivity index (χ4n) is 2.00. The molecule has 0 amide bonds. The molecular formula is C20H38O11Si. The first-order chi connectivity index (χ1) is 15.2. The number of carbonyl (C=O) groups is 3. The molecular weight excluding hydrogens is 444 g/mol. The maximum Gasteiger partial charge on any atom is 0.372 e. The second-order valence-electron chi connectivity index (χ2n) is 7.47. The highest BCUT2D eigenvalue weighted by Gasteiger charge is 2.14. The van der Waals surface area contributed by atoms with Gasteiger partial charge in [0, 0.05) is 6.42 Å². The lowest BCUT2D eigenvalue weighted by Gasteiger charge is -2.16. The average molecular weight is 483 g/mol. The van der Waals surface area contributed by atoms with E-state index in [9.17, 15) is 14.4 Å². The molecule has 0 aromatic heterocycles. The molecule has 188 valence electrons. The summed E-state index contributed by atoms with van der Waals surface area (Å²) in [5, 5.41) is 8.40. The van der Waals surface area contributed by atoms with E-state index in [4.69, 9.17) is 38.0 Å². The van der Waals surface area contributed by atoms with E-state index >= 15 is 0 Å². The molecule has 0 aromatic carbocycles. The Hall–Kier alpha value is -1.41. The number of aliphatic carboxylic acids is 1. The van der Waals surface area contributed by atoms with Crippen molar-refractivity contribution in [2.45, 2.75) is 32.5 Å². The molecule has 0 saturated heterocycles. The van der Waals surface area contributed by atoms with E-state index in [1.165, 1.54) is 0 Å². The first-order valence-electron chi connectivity index (χ1n) is 10.7. The minimum Gasteiger partial charge on any atom is -0.476 e. The number of esters is 1. The van der Waals surface area contributed by atoms with Crippen LogP contribution in [0.1, 0.15) is 12.8 Å². The molecule has 1 N–H and O–H groups in total.